The molecule has 1 aliphatic rings. The average molecular weight is 210 g/mol. The monoisotopic (exact) mass is 210 g/mol. The molecule has 4 heteroatoms. The van der Waals surface area contributed by atoms with E-state index >= 15 is 0 Å². The van der Waals surface area contributed by atoms with Crippen molar-refractivity contribution in [3.8, 4) is 0 Å². The quantitative estimate of drug-likeness (QED) is 0.701. The van der Waals surface area contributed by atoms with Crippen molar-refractivity contribution in [3.63, 3.8) is 0 Å². The minimum Gasteiger partial charge on any atom is -0.375 e. The Morgan fingerprint density at radius 3 is 2.33 bits per heavy atom. The highest BCUT2D eigenvalue weighted by Gasteiger charge is 2.25. The van der Waals surface area contributed by atoms with Crippen molar-refractivity contribution in [2.45, 2.75) is 32.0 Å². The summed E-state index contributed by atoms with van der Waals surface area (Å²) in [5.41, 5.74) is 0. The molecule has 1 aromatic rings. The third kappa shape index (κ3) is 2.21. The predicted octanol–water partition coefficient (Wildman–Crippen LogP) is 1.33. The second-order valence-electron chi connectivity index (χ2n) is 4.17. The van der Waals surface area contributed by atoms with Gasteiger partial charge in [0.1, 0.15) is 5.82 Å². The molecule has 1 aromatic heterocycles. The van der Waals surface area contributed by atoms with Gasteiger partial charge in [0.15, 0.2) is 0 Å². The Balaban J connectivity index is 2.09. The highest BCUT2D eigenvalue weighted by atomic mass is 16.5. The molecule has 1 aliphatic heterocycles. The van der Waals surface area contributed by atoms with Crippen LogP contribution in [-0.4, -0.2) is 35.0 Å². The zero-order valence-corrected chi connectivity index (χ0v) is 9.51. The maximum absolute atomic E-state index is 5.73. The Morgan fingerprint density at radius 2 is 1.87 bits per heavy atom. The van der Waals surface area contributed by atoms with Gasteiger partial charge in [-0.05, 0) is 13.8 Å². The molecule has 15 heavy (non-hydrogen) atoms. The number of imidazole rings is 1. The van der Waals surface area contributed by atoms with Crippen LogP contribution >= 0.6 is 0 Å². The largest absolute Gasteiger partial charge is 0.375 e. The fraction of sp³-hybridized carbons (Fsp3) is 0.727. The van der Waals surface area contributed by atoms with E-state index in [2.05, 4.69) is 4.98 Å². The Bertz CT molecular complexity index is 312. The molecule has 0 spiro atoms. The average Bonchev–Trinajstić information content (AvgIpc) is 2.57. The molecule has 0 amide bonds. The second-order valence-corrected chi connectivity index (χ2v) is 4.17. The summed E-state index contributed by atoms with van der Waals surface area (Å²) in [4.78, 5) is 4.33. The van der Waals surface area contributed by atoms with Gasteiger partial charge in [0.05, 0.1) is 31.3 Å². The van der Waals surface area contributed by atoms with Gasteiger partial charge in [-0.1, -0.05) is 0 Å². The molecule has 84 valence electrons. The predicted molar refractivity (Wildman–Crippen MR) is 56.8 cm³/mol. The summed E-state index contributed by atoms with van der Waals surface area (Å²) in [6, 6.07) is 0. The summed E-state index contributed by atoms with van der Waals surface area (Å²) in [5, 5.41) is 0. The van der Waals surface area contributed by atoms with Gasteiger partial charge in [0.25, 0.3) is 0 Å². The summed E-state index contributed by atoms with van der Waals surface area (Å²) in [7, 11) is 2.00. The lowest BCUT2D eigenvalue weighted by Crippen LogP contribution is -2.23. The van der Waals surface area contributed by atoms with Gasteiger partial charge in [-0.25, -0.2) is 4.98 Å². The van der Waals surface area contributed by atoms with Crippen molar-refractivity contribution in [1.29, 1.82) is 0 Å². The number of aromatic nitrogens is 2. The lowest BCUT2D eigenvalue weighted by atomic mass is 10.1. The smallest absolute Gasteiger partial charge is 0.116 e. The van der Waals surface area contributed by atoms with E-state index in [0.717, 1.165) is 5.82 Å². The van der Waals surface area contributed by atoms with Crippen molar-refractivity contribution in [2.24, 2.45) is 7.05 Å². The molecule has 0 N–H and O–H groups in total. The molecule has 0 saturated carbocycles. The molecule has 1 saturated heterocycles. The van der Waals surface area contributed by atoms with E-state index in [1.165, 1.54) is 0 Å². The summed E-state index contributed by atoms with van der Waals surface area (Å²) in [6.07, 6.45) is 4.09. The highest BCUT2D eigenvalue weighted by molar-refractivity contribution is 5.00. The summed E-state index contributed by atoms with van der Waals surface area (Å²) in [6.45, 7) is 5.48. The maximum Gasteiger partial charge on any atom is 0.116 e. The van der Waals surface area contributed by atoms with E-state index in [4.69, 9.17) is 9.47 Å². The van der Waals surface area contributed by atoms with Crippen LogP contribution in [-0.2, 0) is 16.5 Å². The van der Waals surface area contributed by atoms with E-state index in [9.17, 15) is 0 Å². The SMILES string of the molecule is CC1OCC(c2nccn2C)COC1C. The molecule has 0 aliphatic carbocycles. The Labute approximate surface area is 90.2 Å². The van der Waals surface area contributed by atoms with Gasteiger partial charge in [-0.2, -0.15) is 0 Å². The summed E-state index contributed by atoms with van der Waals surface area (Å²) in [5.74, 6) is 1.29. The van der Waals surface area contributed by atoms with E-state index < -0.39 is 0 Å². The van der Waals surface area contributed by atoms with Crippen LogP contribution in [0, 0.1) is 0 Å². The third-order valence-electron chi connectivity index (χ3n) is 3.01. The maximum atomic E-state index is 5.73. The van der Waals surface area contributed by atoms with Crippen molar-refractivity contribution in [2.75, 3.05) is 13.2 Å². The molecular formula is C11H18N2O2. The first kappa shape index (κ1) is 10.6. The van der Waals surface area contributed by atoms with Crippen LogP contribution in [0.2, 0.25) is 0 Å². The standard InChI is InChI=1S/C11H18N2O2/c1-8-9(2)15-7-10(6-14-8)11-12-4-5-13(11)3/h4-5,8-10H,6-7H2,1-3H3. The van der Waals surface area contributed by atoms with Crippen LogP contribution in [0.1, 0.15) is 25.6 Å². The fourth-order valence-corrected chi connectivity index (χ4v) is 1.77. The first-order chi connectivity index (χ1) is 7.18. The molecule has 2 atom stereocenters. The van der Waals surface area contributed by atoms with Crippen LogP contribution in [0.4, 0.5) is 0 Å². The van der Waals surface area contributed by atoms with Crippen molar-refractivity contribution in [3.05, 3.63) is 18.2 Å². The molecule has 0 aromatic carbocycles. The molecule has 2 heterocycles. The van der Waals surface area contributed by atoms with Gasteiger partial charge in [0, 0.05) is 19.4 Å². The molecular weight excluding hydrogens is 192 g/mol. The minimum atomic E-state index is 0.162. The molecule has 0 radical (unpaired) electrons. The van der Waals surface area contributed by atoms with E-state index in [1.807, 2.05) is 37.9 Å². The fourth-order valence-electron chi connectivity index (χ4n) is 1.77. The number of hydrogen-bond acceptors (Lipinski definition) is 3. The van der Waals surface area contributed by atoms with Gasteiger partial charge >= 0.3 is 0 Å². The third-order valence-corrected chi connectivity index (χ3v) is 3.01. The van der Waals surface area contributed by atoms with Gasteiger partial charge in [-0.3, -0.25) is 0 Å². The van der Waals surface area contributed by atoms with Crippen LogP contribution in [0.15, 0.2) is 12.4 Å². The zero-order valence-electron chi connectivity index (χ0n) is 9.51. The summed E-state index contributed by atoms with van der Waals surface area (Å²) >= 11 is 0. The molecule has 1 fully saturated rings. The second kappa shape index (κ2) is 4.33. The molecule has 0 bridgehead atoms. The first-order valence-corrected chi connectivity index (χ1v) is 5.39. The number of hydrogen-bond donors (Lipinski definition) is 0. The van der Waals surface area contributed by atoms with Gasteiger partial charge < -0.3 is 14.0 Å². The lowest BCUT2D eigenvalue weighted by Gasteiger charge is -2.15. The van der Waals surface area contributed by atoms with Crippen molar-refractivity contribution in [1.82, 2.24) is 9.55 Å². The van der Waals surface area contributed by atoms with Gasteiger partial charge in [0.2, 0.25) is 0 Å². The van der Waals surface area contributed by atoms with Crippen LogP contribution in [0.25, 0.3) is 0 Å². The van der Waals surface area contributed by atoms with Crippen LogP contribution < -0.4 is 0 Å². The van der Waals surface area contributed by atoms with Gasteiger partial charge in [-0.15, -0.1) is 0 Å². The van der Waals surface area contributed by atoms with Crippen molar-refractivity contribution >= 4 is 0 Å². The first-order valence-electron chi connectivity index (χ1n) is 5.39. The highest BCUT2D eigenvalue weighted by Crippen LogP contribution is 2.20. The Morgan fingerprint density at radius 1 is 1.27 bits per heavy atom. The van der Waals surface area contributed by atoms with Crippen LogP contribution in [0.5, 0.6) is 0 Å². The van der Waals surface area contributed by atoms with E-state index in [0.29, 0.717) is 13.2 Å². The van der Waals surface area contributed by atoms with Crippen molar-refractivity contribution < 1.29 is 9.47 Å². The van der Waals surface area contributed by atoms with E-state index in [1.54, 1.807) is 0 Å². The number of aryl methyl sites for hydroxylation is 1. The topological polar surface area (TPSA) is 36.3 Å². The number of rotatable bonds is 1. The number of nitrogens with zero attached hydrogens (tertiary/aromatic N) is 2. The Kier molecular flexibility index (Phi) is 3.07. The molecule has 2 rings (SSSR count). The molecule has 4 nitrogen and oxygen atoms in total. The normalized spacial score (nSPS) is 32.6. The zero-order chi connectivity index (χ0) is 10.8. The Hall–Kier alpha value is -0.870. The number of ether oxygens (including phenoxy) is 2. The lowest BCUT2D eigenvalue weighted by molar-refractivity contribution is -0.0157. The van der Waals surface area contributed by atoms with Crippen LogP contribution in [0.3, 0.4) is 0 Å². The summed E-state index contributed by atoms with van der Waals surface area (Å²) < 4.78 is 13.5. The molecule has 2 unspecified atom stereocenters. The minimum absolute atomic E-state index is 0.162. The van der Waals surface area contributed by atoms with E-state index in [-0.39, 0.29) is 18.1 Å².